The number of urea groups is 1. The first-order chi connectivity index (χ1) is 13.3. The lowest BCUT2D eigenvalue weighted by Gasteiger charge is -2.29. The Morgan fingerprint density at radius 1 is 1.18 bits per heavy atom. The van der Waals surface area contributed by atoms with Crippen LogP contribution in [0.15, 0.2) is 47.3 Å². The van der Waals surface area contributed by atoms with Crippen molar-refractivity contribution >= 4 is 45.8 Å². The predicted molar refractivity (Wildman–Crippen MR) is 113 cm³/mol. The van der Waals surface area contributed by atoms with Gasteiger partial charge in [-0.25, -0.2) is 9.78 Å². The van der Waals surface area contributed by atoms with Crippen molar-refractivity contribution in [2.45, 2.75) is 19.9 Å². The van der Waals surface area contributed by atoms with Gasteiger partial charge in [0.2, 0.25) is 0 Å². The first kappa shape index (κ1) is 20.2. The average Bonchev–Trinajstić information content (AvgIpc) is 2.67. The van der Waals surface area contributed by atoms with Crippen molar-refractivity contribution in [2.75, 3.05) is 11.9 Å². The first-order valence-corrected chi connectivity index (χ1v) is 9.56. The van der Waals surface area contributed by atoms with Crippen LogP contribution in [0.1, 0.15) is 25.7 Å². The number of nitrogens with one attached hydrogen (secondary N) is 1. The molecule has 2 aromatic carbocycles. The van der Waals surface area contributed by atoms with Gasteiger partial charge in [0, 0.05) is 29.3 Å². The van der Waals surface area contributed by atoms with Crippen LogP contribution in [0.2, 0.25) is 10.0 Å². The summed E-state index contributed by atoms with van der Waals surface area (Å²) in [6.07, 6.45) is 0. The van der Waals surface area contributed by atoms with Gasteiger partial charge >= 0.3 is 6.03 Å². The van der Waals surface area contributed by atoms with E-state index in [4.69, 9.17) is 23.2 Å². The molecule has 2 amide bonds. The van der Waals surface area contributed by atoms with Crippen molar-refractivity contribution in [1.29, 1.82) is 0 Å². The molecule has 1 heterocycles. The maximum absolute atomic E-state index is 12.8. The van der Waals surface area contributed by atoms with Gasteiger partial charge in [0.25, 0.3) is 5.56 Å². The second-order valence-corrected chi connectivity index (χ2v) is 7.27. The summed E-state index contributed by atoms with van der Waals surface area (Å²) in [7, 11) is 1.65. The molecule has 1 aromatic heterocycles. The van der Waals surface area contributed by atoms with E-state index in [2.05, 4.69) is 10.3 Å². The molecule has 6 nitrogen and oxygen atoms in total. The smallest absolute Gasteiger partial charge is 0.315 e. The van der Waals surface area contributed by atoms with Gasteiger partial charge in [0.1, 0.15) is 5.82 Å². The van der Waals surface area contributed by atoms with Gasteiger partial charge < -0.3 is 10.2 Å². The lowest BCUT2D eigenvalue weighted by Crippen LogP contribution is -2.39. The van der Waals surface area contributed by atoms with Crippen LogP contribution in [0.25, 0.3) is 10.9 Å². The van der Waals surface area contributed by atoms with Gasteiger partial charge in [-0.05, 0) is 56.3 Å². The van der Waals surface area contributed by atoms with E-state index in [1.165, 1.54) is 4.57 Å². The molecule has 3 aromatic rings. The van der Waals surface area contributed by atoms with Crippen LogP contribution in [-0.2, 0) is 7.05 Å². The van der Waals surface area contributed by atoms with E-state index in [1.807, 2.05) is 13.8 Å². The zero-order chi connectivity index (χ0) is 20.4. The molecule has 0 aliphatic carbocycles. The summed E-state index contributed by atoms with van der Waals surface area (Å²) in [5, 5.41) is 4.36. The standard InChI is InChI=1S/C20H20Cl2N4O2/c1-4-26(20(28)23-15-8-5-13(21)6-9-15)12(2)18-24-17-10-7-14(22)11-16(17)19(27)25(18)3/h5-12H,4H2,1-3H3,(H,23,28). The molecule has 1 N–H and O–H groups in total. The highest BCUT2D eigenvalue weighted by Crippen LogP contribution is 2.22. The molecule has 0 saturated carbocycles. The van der Waals surface area contributed by atoms with E-state index in [-0.39, 0.29) is 11.6 Å². The Balaban J connectivity index is 1.94. The Morgan fingerprint density at radius 3 is 2.46 bits per heavy atom. The number of nitrogens with zero attached hydrogens (tertiary/aromatic N) is 3. The van der Waals surface area contributed by atoms with Crippen LogP contribution in [0.5, 0.6) is 0 Å². The van der Waals surface area contributed by atoms with Gasteiger partial charge in [0.05, 0.1) is 16.9 Å². The van der Waals surface area contributed by atoms with Crippen LogP contribution in [0.3, 0.4) is 0 Å². The highest BCUT2D eigenvalue weighted by atomic mass is 35.5. The summed E-state index contributed by atoms with van der Waals surface area (Å²) in [5.41, 5.74) is 0.974. The number of carbonyl (C=O) groups is 1. The lowest BCUT2D eigenvalue weighted by molar-refractivity contribution is 0.193. The predicted octanol–water partition coefficient (Wildman–Crippen LogP) is 4.86. The van der Waals surface area contributed by atoms with E-state index in [1.54, 1.807) is 54.4 Å². The Hall–Kier alpha value is -2.57. The van der Waals surface area contributed by atoms with Crippen molar-refractivity contribution in [3.8, 4) is 0 Å². The minimum atomic E-state index is -0.421. The fourth-order valence-corrected chi connectivity index (χ4v) is 3.39. The number of fused-ring (bicyclic) bond motifs is 1. The summed E-state index contributed by atoms with van der Waals surface area (Å²) in [6.45, 7) is 4.15. The zero-order valence-electron chi connectivity index (χ0n) is 15.7. The quantitative estimate of drug-likeness (QED) is 0.657. The minimum Gasteiger partial charge on any atom is -0.315 e. The van der Waals surface area contributed by atoms with Crippen LogP contribution >= 0.6 is 23.2 Å². The molecule has 0 saturated heterocycles. The van der Waals surface area contributed by atoms with Crippen molar-refractivity contribution < 1.29 is 4.79 Å². The third kappa shape index (κ3) is 3.98. The molecule has 0 radical (unpaired) electrons. The number of benzene rings is 2. The Bertz CT molecular complexity index is 1080. The topological polar surface area (TPSA) is 67.2 Å². The molecule has 146 valence electrons. The normalized spacial score (nSPS) is 12.0. The molecule has 0 fully saturated rings. The summed E-state index contributed by atoms with van der Waals surface area (Å²) in [4.78, 5) is 31.8. The van der Waals surface area contributed by atoms with Gasteiger partial charge in [-0.2, -0.15) is 0 Å². The number of anilines is 1. The maximum Gasteiger partial charge on any atom is 0.322 e. The largest absolute Gasteiger partial charge is 0.322 e. The zero-order valence-corrected chi connectivity index (χ0v) is 17.3. The second kappa shape index (κ2) is 8.20. The maximum atomic E-state index is 12.8. The summed E-state index contributed by atoms with van der Waals surface area (Å²) in [6, 6.07) is 11.2. The monoisotopic (exact) mass is 418 g/mol. The Labute approximate surface area is 172 Å². The van der Waals surface area contributed by atoms with Gasteiger partial charge in [-0.3, -0.25) is 9.36 Å². The van der Waals surface area contributed by atoms with E-state index >= 15 is 0 Å². The molecule has 1 atom stereocenters. The Kier molecular flexibility index (Phi) is 5.91. The van der Waals surface area contributed by atoms with Gasteiger partial charge in [0.15, 0.2) is 0 Å². The highest BCUT2D eigenvalue weighted by Gasteiger charge is 2.24. The molecule has 0 spiro atoms. The molecular weight excluding hydrogens is 399 g/mol. The number of hydrogen-bond acceptors (Lipinski definition) is 3. The van der Waals surface area contributed by atoms with Gasteiger partial charge in [-0.15, -0.1) is 0 Å². The molecule has 1 unspecified atom stereocenters. The first-order valence-electron chi connectivity index (χ1n) is 8.81. The van der Waals surface area contributed by atoms with Crippen LogP contribution < -0.4 is 10.9 Å². The molecule has 28 heavy (non-hydrogen) atoms. The average molecular weight is 419 g/mol. The molecule has 3 rings (SSSR count). The molecule has 0 bridgehead atoms. The fraction of sp³-hybridized carbons (Fsp3) is 0.250. The number of halogens is 2. The molecule has 0 aliphatic rings. The lowest BCUT2D eigenvalue weighted by atomic mass is 10.2. The third-order valence-corrected chi connectivity index (χ3v) is 5.10. The summed E-state index contributed by atoms with van der Waals surface area (Å²) < 4.78 is 1.46. The van der Waals surface area contributed by atoms with Crippen molar-refractivity contribution in [1.82, 2.24) is 14.5 Å². The number of amides is 2. The van der Waals surface area contributed by atoms with Crippen LogP contribution in [0.4, 0.5) is 10.5 Å². The molecular formula is C20H20Cl2N4O2. The van der Waals surface area contributed by atoms with E-state index in [0.29, 0.717) is 39.0 Å². The number of rotatable bonds is 4. The molecule has 0 aliphatic heterocycles. The Morgan fingerprint density at radius 2 is 1.82 bits per heavy atom. The van der Waals surface area contributed by atoms with E-state index in [9.17, 15) is 9.59 Å². The van der Waals surface area contributed by atoms with Crippen molar-refractivity contribution in [3.05, 3.63) is 68.7 Å². The number of carbonyl (C=O) groups excluding carboxylic acids is 1. The summed E-state index contributed by atoms with van der Waals surface area (Å²) >= 11 is 11.9. The SMILES string of the molecule is CCN(C(=O)Nc1ccc(Cl)cc1)C(C)c1nc2ccc(Cl)cc2c(=O)n1C. The second-order valence-electron chi connectivity index (χ2n) is 6.39. The fourth-order valence-electron chi connectivity index (χ4n) is 3.10. The highest BCUT2D eigenvalue weighted by molar-refractivity contribution is 6.31. The van der Waals surface area contributed by atoms with E-state index in [0.717, 1.165) is 0 Å². The van der Waals surface area contributed by atoms with Crippen molar-refractivity contribution in [2.24, 2.45) is 7.05 Å². The number of aromatic nitrogens is 2. The van der Waals surface area contributed by atoms with E-state index < -0.39 is 6.04 Å². The van der Waals surface area contributed by atoms with Gasteiger partial charge in [-0.1, -0.05) is 23.2 Å². The number of hydrogen-bond donors (Lipinski definition) is 1. The van der Waals surface area contributed by atoms with Crippen LogP contribution in [0, 0.1) is 0 Å². The molecule has 8 heteroatoms. The third-order valence-electron chi connectivity index (χ3n) is 4.61. The minimum absolute atomic E-state index is 0.205. The van der Waals surface area contributed by atoms with Crippen molar-refractivity contribution in [3.63, 3.8) is 0 Å². The van der Waals surface area contributed by atoms with Crippen LogP contribution in [-0.4, -0.2) is 27.0 Å². The summed E-state index contributed by atoms with van der Waals surface area (Å²) in [5.74, 6) is 0.493.